The van der Waals surface area contributed by atoms with Crippen molar-refractivity contribution >= 4 is 26.2 Å². The van der Waals surface area contributed by atoms with Crippen LogP contribution in [0.2, 0.25) is 0 Å². The molecule has 0 amide bonds. The number of thiazole rings is 1. The van der Waals surface area contributed by atoms with Crippen molar-refractivity contribution in [2.24, 2.45) is 4.36 Å². The molecule has 2 aromatic rings. The Labute approximate surface area is 157 Å². The fourth-order valence-corrected chi connectivity index (χ4v) is 4.23. The van der Waals surface area contributed by atoms with E-state index in [2.05, 4.69) is 14.3 Å². The highest BCUT2D eigenvalue weighted by Crippen LogP contribution is 2.45. The molecule has 0 aromatic carbocycles. The Hall–Kier alpha value is -1.83. The van der Waals surface area contributed by atoms with Crippen LogP contribution in [0.1, 0.15) is 29.1 Å². The van der Waals surface area contributed by atoms with Gasteiger partial charge in [-0.1, -0.05) is 6.07 Å². The highest BCUT2D eigenvalue weighted by molar-refractivity contribution is 7.93. The molecule has 0 saturated carbocycles. The average Bonchev–Trinajstić information content (AvgIpc) is 3.00. The molecular formula is C14H11F8N3OS2. The van der Waals surface area contributed by atoms with Crippen LogP contribution in [0.4, 0.5) is 40.3 Å². The highest BCUT2D eigenvalue weighted by atomic mass is 32.2. The molecule has 156 valence electrons. The summed E-state index contributed by atoms with van der Waals surface area (Å²) in [6, 6.07) is 1.71. The minimum Gasteiger partial charge on any atom is -0.251 e. The summed E-state index contributed by atoms with van der Waals surface area (Å²) in [7, 11) is -3.31. The maximum absolute atomic E-state index is 13.3. The lowest BCUT2D eigenvalue weighted by molar-refractivity contribution is -0.290. The number of hydrogen-bond donors (Lipinski definition) is 0. The predicted octanol–water partition coefficient (Wildman–Crippen LogP) is 5.70. The Morgan fingerprint density at radius 2 is 1.68 bits per heavy atom. The monoisotopic (exact) mass is 453 g/mol. The number of pyridine rings is 1. The summed E-state index contributed by atoms with van der Waals surface area (Å²) in [5.74, 6) is -5.20. The molecule has 2 unspecified atom stereocenters. The van der Waals surface area contributed by atoms with Gasteiger partial charge in [0.1, 0.15) is 11.4 Å². The van der Waals surface area contributed by atoms with E-state index < -0.39 is 49.8 Å². The molecule has 0 bridgehead atoms. The summed E-state index contributed by atoms with van der Waals surface area (Å²) in [5.41, 5.74) is -2.63. The normalized spacial score (nSPS) is 16.5. The third-order valence-corrected chi connectivity index (χ3v) is 6.60. The van der Waals surface area contributed by atoms with Crippen molar-refractivity contribution in [1.29, 1.82) is 0 Å². The number of hydrogen-bond acceptors (Lipinski definition) is 5. The van der Waals surface area contributed by atoms with Gasteiger partial charge in [0, 0.05) is 17.8 Å². The van der Waals surface area contributed by atoms with Gasteiger partial charge in [-0.25, -0.2) is 9.19 Å². The van der Waals surface area contributed by atoms with Crippen LogP contribution >= 0.6 is 11.3 Å². The molecule has 14 heteroatoms. The molecule has 28 heavy (non-hydrogen) atoms. The molecule has 2 atom stereocenters. The molecule has 0 aliphatic rings. The molecule has 0 radical (unpaired) electrons. The molecule has 0 aliphatic carbocycles. The second-order valence-electron chi connectivity index (χ2n) is 5.66. The van der Waals surface area contributed by atoms with Crippen LogP contribution in [0.15, 0.2) is 28.1 Å². The van der Waals surface area contributed by atoms with Crippen LogP contribution in [-0.4, -0.2) is 26.6 Å². The van der Waals surface area contributed by atoms with Crippen molar-refractivity contribution < 1.29 is 39.3 Å². The fraction of sp³-hybridized carbons (Fsp3) is 0.429. The van der Waals surface area contributed by atoms with E-state index in [9.17, 15) is 39.3 Å². The Balaban J connectivity index is 2.34. The quantitative estimate of drug-likeness (QED) is 0.558. The third-order valence-electron chi connectivity index (χ3n) is 3.63. The minimum atomic E-state index is -5.86. The second kappa shape index (κ2) is 7.21. The molecule has 0 spiro atoms. The molecule has 2 aromatic heterocycles. The Kier molecular flexibility index (Phi) is 5.78. The molecular weight excluding hydrogens is 442 g/mol. The van der Waals surface area contributed by atoms with Crippen molar-refractivity contribution in [3.05, 3.63) is 40.7 Å². The molecule has 2 rings (SSSR count). The van der Waals surface area contributed by atoms with E-state index in [-0.39, 0.29) is 5.56 Å². The van der Waals surface area contributed by atoms with Crippen molar-refractivity contribution in [1.82, 2.24) is 9.97 Å². The number of rotatable bonds is 4. The first-order chi connectivity index (χ1) is 12.6. The van der Waals surface area contributed by atoms with Crippen LogP contribution in [0.5, 0.6) is 0 Å². The first-order valence-corrected chi connectivity index (χ1v) is 10.1. The van der Waals surface area contributed by atoms with E-state index in [4.69, 9.17) is 0 Å². The number of halogens is 8. The number of alkyl halides is 8. The van der Waals surface area contributed by atoms with Gasteiger partial charge in [0.15, 0.2) is 0 Å². The lowest BCUT2D eigenvalue weighted by atomic mass is 10.2. The zero-order valence-corrected chi connectivity index (χ0v) is 15.6. The first kappa shape index (κ1) is 22.5. The van der Waals surface area contributed by atoms with Gasteiger partial charge in [-0.2, -0.15) is 39.5 Å². The van der Waals surface area contributed by atoms with Gasteiger partial charge >= 0.3 is 18.3 Å². The summed E-state index contributed by atoms with van der Waals surface area (Å²) in [6.45, 7) is 1.34. The van der Waals surface area contributed by atoms with E-state index in [1.165, 1.54) is 6.92 Å². The Bertz CT molecular complexity index is 956. The van der Waals surface area contributed by atoms with Gasteiger partial charge in [-0.15, -0.1) is 11.3 Å². The maximum Gasteiger partial charge on any atom is 0.459 e. The van der Waals surface area contributed by atoms with Gasteiger partial charge in [-0.3, -0.25) is 4.98 Å². The molecule has 0 aliphatic heterocycles. The van der Waals surface area contributed by atoms with Gasteiger partial charge in [0.05, 0.1) is 15.0 Å². The maximum atomic E-state index is 13.3. The van der Waals surface area contributed by atoms with Crippen LogP contribution < -0.4 is 0 Å². The smallest absolute Gasteiger partial charge is 0.251 e. The summed E-state index contributed by atoms with van der Waals surface area (Å²) in [4.78, 5) is 6.32. The lowest BCUT2D eigenvalue weighted by Gasteiger charge is -2.16. The van der Waals surface area contributed by atoms with Gasteiger partial charge in [0.2, 0.25) is 5.13 Å². The van der Waals surface area contributed by atoms with E-state index in [1.54, 1.807) is 0 Å². The van der Waals surface area contributed by atoms with E-state index >= 15 is 0 Å². The first-order valence-electron chi connectivity index (χ1n) is 7.20. The molecule has 0 saturated heterocycles. The Morgan fingerprint density at radius 3 is 2.14 bits per heavy atom. The number of aromatic nitrogens is 2. The van der Waals surface area contributed by atoms with Crippen molar-refractivity contribution in [2.45, 2.75) is 30.4 Å². The summed E-state index contributed by atoms with van der Waals surface area (Å²) >= 11 is 0.336. The van der Waals surface area contributed by atoms with Gasteiger partial charge in [0.25, 0.3) is 0 Å². The summed E-state index contributed by atoms with van der Waals surface area (Å²) < 4.78 is 118. The molecule has 0 N–H and O–H groups in total. The second-order valence-corrected chi connectivity index (χ2v) is 9.11. The van der Waals surface area contributed by atoms with Crippen LogP contribution in [-0.2, 0) is 21.8 Å². The van der Waals surface area contributed by atoms with Crippen LogP contribution in [0, 0.1) is 0 Å². The molecule has 4 nitrogen and oxygen atoms in total. The number of nitrogens with zero attached hydrogens (tertiary/aromatic N) is 3. The third kappa shape index (κ3) is 4.59. The summed E-state index contributed by atoms with van der Waals surface area (Å²) in [5, 5.41) is -1.12. The summed E-state index contributed by atoms with van der Waals surface area (Å²) in [6.07, 6.45) is -8.60. The minimum absolute atomic E-state index is 0.113. The average molecular weight is 453 g/mol. The van der Waals surface area contributed by atoms with Gasteiger partial charge < -0.3 is 0 Å². The van der Waals surface area contributed by atoms with E-state index in [0.29, 0.717) is 22.8 Å². The largest absolute Gasteiger partial charge is 0.459 e. The van der Waals surface area contributed by atoms with Crippen LogP contribution in [0.3, 0.4) is 0 Å². The van der Waals surface area contributed by atoms with E-state index in [1.807, 2.05) is 0 Å². The molecule has 0 fully saturated rings. The Morgan fingerprint density at radius 1 is 1.07 bits per heavy atom. The van der Waals surface area contributed by atoms with E-state index in [0.717, 1.165) is 18.5 Å². The zero-order valence-electron chi connectivity index (χ0n) is 14.0. The standard InChI is InChI=1S/C14H11F8N3OS2/c1-7(8-3-4-9(23-5-8)13(17,18)19)28(2,26)25-11-24-10(6-27-11)12(15,16)14(20,21)22/h3-7H,1-2H3. The van der Waals surface area contributed by atoms with Crippen molar-refractivity contribution in [3.63, 3.8) is 0 Å². The fourth-order valence-electron chi connectivity index (χ4n) is 1.90. The predicted molar refractivity (Wildman–Crippen MR) is 85.9 cm³/mol. The van der Waals surface area contributed by atoms with Gasteiger partial charge in [-0.05, 0) is 18.6 Å². The SMILES string of the molecule is CC(c1ccc(C(F)(F)F)nc1)S(C)(=O)=Nc1nc(C(F)(F)C(F)(F)F)cs1. The molecule has 2 heterocycles. The van der Waals surface area contributed by atoms with Crippen molar-refractivity contribution in [2.75, 3.05) is 6.26 Å². The highest BCUT2D eigenvalue weighted by Gasteiger charge is 2.60. The van der Waals surface area contributed by atoms with Crippen molar-refractivity contribution in [3.8, 4) is 0 Å². The zero-order chi connectivity index (χ0) is 21.5. The van der Waals surface area contributed by atoms with Crippen LogP contribution in [0.25, 0.3) is 0 Å². The topological polar surface area (TPSA) is 55.2 Å². The lowest BCUT2D eigenvalue weighted by Crippen LogP contribution is -2.33.